The molecule has 0 saturated heterocycles. The van der Waals surface area contributed by atoms with Gasteiger partial charge in [-0.3, -0.25) is 0 Å². The number of allylic oxidation sites excluding steroid dienone is 1. The van der Waals surface area contributed by atoms with Crippen molar-refractivity contribution in [1.29, 1.82) is 0 Å². The molecule has 0 atom stereocenters. The standard InChI is InChI=1S/C8H17NO2/c1-5-11-7-9(6-10-4)8(2)3/h2,5-7H2,1,3-4H3. The molecule has 0 radical (unpaired) electrons. The third kappa shape index (κ3) is 4.81. The molecule has 0 aromatic carbocycles. The maximum atomic E-state index is 5.19. The summed E-state index contributed by atoms with van der Waals surface area (Å²) in [6, 6.07) is 0. The number of methoxy groups -OCH3 is 1. The predicted octanol–water partition coefficient (Wildman–Crippen LogP) is 1.42. The predicted molar refractivity (Wildman–Crippen MR) is 45.0 cm³/mol. The molecule has 3 nitrogen and oxygen atoms in total. The second-order valence-electron chi connectivity index (χ2n) is 2.31. The summed E-state index contributed by atoms with van der Waals surface area (Å²) in [6.07, 6.45) is 0. The second-order valence-corrected chi connectivity index (χ2v) is 2.31. The smallest absolute Gasteiger partial charge is 0.120 e. The van der Waals surface area contributed by atoms with Crippen LogP contribution in [0.1, 0.15) is 13.8 Å². The number of hydrogen-bond acceptors (Lipinski definition) is 3. The fraction of sp³-hybridized carbons (Fsp3) is 0.750. The first kappa shape index (κ1) is 10.5. The largest absolute Gasteiger partial charge is 0.364 e. The van der Waals surface area contributed by atoms with Crippen LogP contribution < -0.4 is 0 Å². The Morgan fingerprint density at radius 2 is 2.09 bits per heavy atom. The first-order valence-corrected chi connectivity index (χ1v) is 3.69. The van der Waals surface area contributed by atoms with E-state index < -0.39 is 0 Å². The van der Waals surface area contributed by atoms with Gasteiger partial charge < -0.3 is 14.4 Å². The van der Waals surface area contributed by atoms with Gasteiger partial charge in [-0.1, -0.05) is 6.58 Å². The lowest BCUT2D eigenvalue weighted by atomic mass is 10.5. The molecular formula is C8H17NO2. The van der Waals surface area contributed by atoms with E-state index in [0.717, 1.165) is 5.70 Å². The number of nitrogens with zero attached hydrogens (tertiary/aromatic N) is 1. The van der Waals surface area contributed by atoms with E-state index in [9.17, 15) is 0 Å². The highest BCUT2D eigenvalue weighted by atomic mass is 16.5. The Morgan fingerprint density at radius 3 is 2.45 bits per heavy atom. The number of rotatable bonds is 6. The molecule has 0 aliphatic rings. The van der Waals surface area contributed by atoms with E-state index in [-0.39, 0.29) is 0 Å². The maximum absolute atomic E-state index is 5.19. The summed E-state index contributed by atoms with van der Waals surface area (Å²) in [5.41, 5.74) is 0.959. The van der Waals surface area contributed by atoms with Crippen LogP contribution in [0, 0.1) is 0 Å². The molecule has 0 fully saturated rings. The van der Waals surface area contributed by atoms with E-state index in [2.05, 4.69) is 6.58 Å². The lowest BCUT2D eigenvalue weighted by Gasteiger charge is -2.22. The van der Waals surface area contributed by atoms with Gasteiger partial charge in [-0.15, -0.1) is 0 Å². The molecule has 0 heterocycles. The summed E-state index contributed by atoms with van der Waals surface area (Å²) in [6.45, 7) is 9.49. The van der Waals surface area contributed by atoms with Crippen molar-refractivity contribution >= 4 is 0 Å². The number of hydrogen-bond donors (Lipinski definition) is 0. The molecule has 0 aromatic heterocycles. The van der Waals surface area contributed by atoms with Gasteiger partial charge in [0.25, 0.3) is 0 Å². The van der Waals surface area contributed by atoms with E-state index in [1.165, 1.54) is 0 Å². The average molecular weight is 159 g/mol. The van der Waals surface area contributed by atoms with E-state index in [4.69, 9.17) is 9.47 Å². The Balaban J connectivity index is 3.60. The van der Waals surface area contributed by atoms with Crippen molar-refractivity contribution in [3.05, 3.63) is 12.3 Å². The van der Waals surface area contributed by atoms with Crippen LogP contribution >= 0.6 is 0 Å². The lowest BCUT2D eigenvalue weighted by molar-refractivity contribution is -0.00609. The first-order chi connectivity index (χ1) is 5.22. The molecule has 0 unspecified atom stereocenters. The Kier molecular flexibility index (Phi) is 5.88. The molecule has 0 N–H and O–H groups in total. The fourth-order valence-corrected chi connectivity index (χ4v) is 0.615. The van der Waals surface area contributed by atoms with E-state index in [1.54, 1.807) is 7.11 Å². The van der Waals surface area contributed by atoms with Crippen LogP contribution in [0.5, 0.6) is 0 Å². The van der Waals surface area contributed by atoms with Gasteiger partial charge >= 0.3 is 0 Å². The summed E-state index contributed by atoms with van der Waals surface area (Å²) in [7, 11) is 1.65. The number of ether oxygens (including phenoxy) is 2. The van der Waals surface area contributed by atoms with Gasteiger partial charge in [0.1, 0.15) is 13.5 Å². The minimum absolute atomic E-state index is 0.537. The molecule has 0 saturated carbocycles. The van der Waals surface area contributed by atoms with E-state index >= 15 is 0 Å². The molecule has 0 aliphatic heterocycles. The molecule has 0 rings (SSSR count). The minimum atomic E-state index is 0.537. The molecule has 3 heteroatoms. The third-order valence-electron chi connectivity index (χ3n) is 1.28. The van der Waals surface area contributed by atoms with Crippen molar-refractivity contribution in [1.82, 2.24) is 4.90 Å². The van der Waals surface area contributed by atoms with Gasteiger partial charge in [-0.25, -0.2) is 0 Å². The van der Waals surface area contributed by atoms with Gasteiger partial charge in [0.2, 0.25) is 0 Å². The van der Waals surface area contributed by atoms with Gasteiger partial charge in [0, 0.05) is 19.4 Å². The SMILES string of the molecule is C=C(C)N(COC)COCC. The van der Waals surface area contributed by atoms with Crippen molar-refractivity contribution in [3.63, 3.8) is 0 Å². The van der Waals surface area contributed by atoms with Crippen LogP contribution in [0.4, 0.5) is 0 Å². The van der Waals surface area contributed by atoms with Gasteiger partial charge in [0.15, 0.2) is 0 Å². The summed E-state index contributed by atoms with van der Waals surface area (Å²) in [5, 5.41) is 0. The second kappa shape index (κ2) is 6.19. The van der Waals surface area contributed by atoms with Crippen LogP contribution in [0.15, 0.2) is 12.3 Å². The van der Waals surface area contributed by atoms with Crippen molar-refractivity contribution in [2.45, 2.75) is 13.8 Å². The van der Waals surface area contributed by atoms with Crippen molar-refractivity contribution in [3.8, 4) is 0 Å². The Labute approximate surface area is 68.6 Å². The normalized spacial score (nSPS) is 9.73. The summed E-state index contributed by atoms with van der Waals surface area (Å²) in [5.74, 6) is 0. The van der Waals surface area contributed by atoms with Crippen LogP contribution in [0.25, 0.3) is 0 Å². The zero-order valence-corrected chi connectivity index (χ0v) is 7.59. The van der Waals surface area contributed by atoms with Crippen molar-refractivity contribution in [2.75, 3.05) is 27.2 Å². The van der Waals surface area contributed by atoms with Crippen LogP contribution in [-0.2, 0) is 9.47 Å². The van der Waals surface area contributed by atoms with Gasteiger partial charge in [-0.05, 0) is 13.8 Å². The van der Waals surface area contributed by atoms with E-state index in [0.29, 0.717) is 20.1 Å². The van der Waals surface area contributed by atoms with E-state index in [1.807, 2.05) is 18.7 Å². The lowest BCUT2D eigenvalue weighted by Crippen LogP contribution is -2.26. The zero-order chi connectivity index (χ0) is 8.69. The average Bonchev–Trinajstić information content (AvgIpc) is 1.97. The molecule has 0 amide bonds. The molecule has 0 aliphatic carbocycles. The Hall–Kier alpha value is -0.540. The Morgan fingerprint density at radius 1 is 1.45 bits per heavy atom. The quantitative estimate of drug-likeness (QED) is 0.547. The first-order valence-electron chi connectivity index (χ1n) is 3.69. The topological polar surface area (TPSA) is 21.7 Å². The third-order valence-corrected chi connectivity index (χ3v) is 1.28. The minimum Gasteiger partial charge on any atom is -0.364 e. The molecule has 0 bridgehead atoms. The molecule has 0 spiro atoms. The fourth-order valence-electron chi connectivity index (χ4n) is 0.615. The molecule has 11 heavy (non-hydrogen) atoms. The van der Waals surface area contributed by atoms with Crippen LogP contribution in [0.3, 0.4) is 0 Å². The Bertz CT molecular complexity index is 115. The van der Waals surface area contributed by atoms with Crippen LogP contribution in [-0.4, -0.2) is 32.1 Å². The highest BCUT2D eigenvalue weighted by Gasteiger charge is 2.00. The van der Waals surface area contributed by atoms with Gasteiger partial charge in [0.05, 0.1) is 0 Å². The zero-order valence-electron chi connectivity index (χ0n) is 7.59. The van der Waals surface area contributed by atoms with Gasteiger partial charge in [-0.2, -0.15) is 0 Å². The van der Waals surface area contributed by atoms with Crippen molar-refractivity contribution < 1.29 is 9.47 Å². The molecule has 0 aromatic rings. The summed E-state index contributed by atoms with van der Waals surface area (Å²) < 4.78 is 10.1. The molecule has 66 valence electrons. The highest BCUT2D eigenvalue weighted by Crippen LogP contribution is 1.99. The highest BCUT2D eigenvalue weighted by molar-refractivity contribution is 4.85. The molecular weight excluding hydrogens is 142 g/mol. The van der Waals surface area contributed by atoms with Crippen molar-refractivity contribution in [2.24, 2.45) is 0 Å². The maximum Gasteiger partial charge on any atom is 0.120 e. The summed E-state index contributed by atoms with van der Waals surface area (Å²) in [4.78, 5) is 1.92. The monoisotopic (exact) mass is 159 g/mol. The summed E-state index contributed by atoms with van der Waals surface area (Å²) >= 11 is 0. The van der Waals surface area contributed by atoms with Crippen LogP contribution in [0.2, 0.25) is 0 Å².